The highest BCUT2D eigenvalue weighted by Crippen LogP contribution is 2.35. The van der Waals surface area contributed by atoms with Crippen molar-refractivity contribution in [3.8, 4) is 0 Å². The molecule has 0 aromatic rings. The predicted molar refractivity (Wildman–Crippen MR) is 62.1 cm³/mol. The van der Waals surface area contributed by atoms with E-state index in [2.05, 4.69) is 0 Å². The van der Waals surface area contributed by atoms with Gasteiger partial charge in [0.2, 0.25) is 0 Å². The first-order valence-corrected chi connectivity index (χ1v) is 7.58. The standard InChI is InChI=1S/C11H20O4S/c1-3-16(13,14)8-4-5-10(12)11(15-2)9-6-7-9/h9,11H,3-8H2,1-2H3. The fraction of sp³-hybridized carbons (Fsp3) is 0.909. The molecule has 94 valence electrons. The molecule has 0 N–H and O–H groups in total. The minimum absolute atomic E-state index is 0.0521. The Hall–Kier alpha value is -0.420. The molecule has 4 nitrogen and oxygen atoms in total. The molecule has 1 unspecified atom stereocenters. The summed E-state index contributed by atoms with van der Waals surface area (Å²) in [6, 6.07) is 0. The van der Waals surface area contributed by atoms with E-state index in [1.807, 2.05) is 0 Å². The van der Waals surface area contributed by atoms with Crippen LogP contribution in [-0.4, -0.2) is 38.9 Å². The summed E-state index contributed by atoms with van der Waals surface area (Å²) >= 11 is 0. The van der Waals surface area contributed by atoms with E-state index in [-0.39, 0.29) is 23.4 Å². The Bertz CT molecular complexity index is 330. The molecule has 16 heavy (non-hydrogen) atoms. The van der Waals surface area contributed by atoms with Gasteiger partial charge >= 0.3 is 0 Å². The van der Waals surface area contributed by atoms with E-state index in [1.54, 1.807) is 14.0 Å². The molecule has 5 heteroatoms. The van der Waals surface area contributed by atoms with E-state index in [4.69, 9.17) is 4.74 Å². The molecule has 0 aromatic heterocycles. The quantitative estimate of drug-likeness (QED) is 0.647. The molecular weight excluding hydrogens is 228 g/mol. The molecule has 0 bridgehead atoms. The SMILES string of the molecule is CCS(=O)(=O)CCCC(=O)C(OC)C1CC1. The molecule has 1 atom stereocenters. The van der Waals surface area contributed by atoms with Gasteiger partial charge in [0.05, 0.1) is 5.75 Å². The average Bonchev–Trinajstić information content (AvgIpc) is 3.03. The second-order valence-corrected chi connectivity index (χ2v) is 6.77. The van der Waals surface area contributed by atoms with Gasteiger partial charge in [-0.1, -0.05) is 6.92 Å². The first-order chi connectivity index (χ1) is 7.50. The number of sulfone groups is 1. The van der Waals surface area contributed by atoms with Gasteiger partial charge in [0.1, 0.15) is 15.9 Å². The molecule has 0 amide bonds. The van der Waals surface area contributed by atoms with Gasteiger partial charge in [0.25, 0.3) is 0 Å². The highest BCUT2D eigenvalue weighted by molar-refractivity contribution is 7.91. The minimum Gasteiger partial charge on any atom is -0.373 e. The highest BCUT2D eigenvalue weighted by atomic mass is 32.2. The summed E-state index contributed by atoms with van der Waals surface area (Å²) < 4.78 is 27.6. The predicted octanol–water partition coefficient (Wildman–Crippen LogP) is 1.20. The maximum Gasteiger partial charge on any atom is 0.161 e. The number of hydrogen-bond donors (Lipinski definition) is 0. The van der Waals surface area contributed by atoms with Crippen molar-refractivity contribution in [1.82, 2.24) is 0 Å². The second kappa shape index (κ2) is 5.77. The molecular formula is C11H20O4S. The second-order valence-electron chi connectivity index (χ2n) is 4.30. The summed E-state index contributed by atoms with van der Waals surface area (Å²) in [6.07, 6.45) is 2.54. The number of Topliss-reactive ketones (excluding diaryl/α,β-unsaturated/α-hetero) is 1. The molecule has 1 saturated carbocycles. The van der Waals surface area contributed by atoms with Crippen LogP contribution in [0.4, 0.5) is 0 Å². The third-order valence-corrected chi connectivity index (χ3v) is 4.73. The van der Waals surface area contributed by atoms with Gasteiger partial charge in [-0.15, -0.1) is 0 Å². The summed E-state index contributed by atoms with van der Waals surface area (Å²) in [6.45, 7) is 1.62. The Kier molecular flexibility index (Phi) is 4.92. The number of carbonyl (C=O) groups excluding carboxylic acids is 1. The van der Waals surface area contributed by atoms with E-state index < -0.39 is 9.84 Å². The first-order valence-electron chi connectivity index (χ1n) is 5.76. The van der Waals surface area contributed by atoms with E-state index in [0.717, 1.165) is 12.8 Å². The lowest BCUT2D eigenvalue weighted by atomic mass is 10.1. The monoisotopic (exact) mass is 248 g/mol. The molecule has 0 heterocycles. The Balaban J connectivity index is 2.29. The minimum atomic E-state index is -2.95. The Morgan fingerprint density at radius 2 is 2.06 bits per heavy atom. The molecule has 1 fully saturated rings. The summed E-state index contributed by atoms with van der Waals surface area (Å²) in [7, 11) is -1.40. The van der Waals surface area contributed by atoms with Crippen LogP contribution in [0.3, 0.4) is 0 Å². The van der Waals surface area contributed by atoms with Gasteiger partial charge < -0.3 is 4.74 Å². The molecule has 0 aliphatic heterocycles. The fourth-order valence-electron chi connectivity index (χ4n) is 1.74. The lowest BCUT2D eigenvalue weighted by Gasteiger charge is -2.12. The van der Waals surface area contributed by atoms with Gasteiger partial charge in [0.15, 0.2) is 5.78 Å². The van der Waals surface area contributed by atoms with Crippen LogP contribution in [0.15, 0.2) is 0 Å². The molecule has 1 aliphatic carbocycles. The van der Waals surface area contributed by atoms with Crippen molar-refractivity contribution in [3.63, 3.8) is 0 Å². The van der Waals surface area contributed by atoms with Crippen molar-refractivity contribution in [2.45, 2.75) is 38.7 Å². The van der Waals surface area contributed by atoms with Crippen molar-refractivity contribution < 1.29 is 17.9 Å². The van der Waals surface area contributed by atoms with Crippen molar-refractivity contribution in [3.05, 3.63) is 0 Å². The number of ketones is 1. The van der Waals surface area contributed by atoms with Crippen LogP contribution in [0.25, 0.3) is 0 Å². The van der Waals surface area contributed by atoms with Crippen LogP contribution < -0.4 is 0 Å². The zero-order chi connectivity index (χ0) is 12.2. The largest absolute Gasteiger partial charge is 0.373 e. The summed E-state index contributed by atoms with van der Waals surface area (Å²) in [5.41, 5.74) is 0. The number of hydrogen-bond acceptors (Lipinski definition) is 4. The normalized spacial score (nSPS) is 18.4. The van der Waals surface area contributed by atoms with Crippen LogP contribution in [-0.2, 0) is 19.4 Å². The smallest absolute Gasteiger partial charge is 0.161 e. The average molecular weight is 248 g/mol. The maximum atomic E-state index is 11.7. The topological polar surface area (TPSA) is 60.4 Å². The number of carbonyl (C=O) groups is 1. The zero-order valence-electron chi connectivity index (χ0n) is 9.94. The van der Waals surface area contributed by atoms with Gasteiger partial charge in [-0.25, -0.2) is 8.42 Å². The zero-order valence-corrected chi connectivity index (χ0v) is 10.8. The number of ether oxygens (including phenoxy) is 1. The molecule has 0 radical (unpaired) electrons. The van der Waals surface area contributed by atoms with Crippen molar-refractivity contribution in [2.75, 3.05) is 18.6 Å². The fourth-order valence-corrected chi connectivity index (χ4v) is 2.61. The first kappa shape index (κ1) is 13.6. The lowest BCUT2D eigenvalue weighted by molar-refractivity contribution is -0.129. The van der Waals surface area contributed by atoms with Gasteiger partial charge in [-0.2, -0.15) is 0 Å². The van der Waals surface area contributed by atoms with Gasteiger partial charge in [-0.05, 0) is 25.2 Å². The van der Waals surface area contributed by atoms with Crippen LogP contribution in [0.5, 0.6) is 0 Å². The van der Waals surface area contributed by atoms with Crippen LogP contribution in [0, 0.1) is 5.92 Å². The molecule has 0 spiro atoms. The maximum absolute atomic E-state index is 11.7. The van der Waals surface area contributed by atoms with E-state index >= 15 is 0 Å². The Morgan fingerprint density at radius 1 is 1.44 bits per heavy atom. The Morgan fingerprint density at radius 3 is 2.50 bits per heavy atom. The third-order valence-electron chi connectivity index (χ3n) is 2.94. The molecule has 1 aliphatic rings. The Labute approximate surface area is 97.3 Å². The van der Waals surface area contributed by atoms with Crippen molar-refractivity contribution in [1.29, 1.82) is 0 Å². The molecule has 1 rings (SSSR count). The summed E-state index contributed by atoms with van der Waals surface area (Å²) in [4.78, 5) is 11.7. The summed E-state index contributed by atoms with van der Waals surface area (Å²) in [5.74, 6) is 0.685. The van der Waals surface area contributed by atoms with Gasteiger partial charge in [0, 0.05) is 19.3 Å². The van der Waals surface area contributed by atoms with E-state index in [0.29, 0.717) is 18.8 Å². The van der Waals surface area contributed by atoms with Crippen LogP contribution in [0.2, 0.25) is 0 Å². The highest BCUT2D eigenvalue weighted by Gasteiger charge is 2.35. The van der Waals surface area contributed by atoms with Crippen LogP contribution >= 0.6 is 0 Å². The van der Waals surface area contributed by atoms with Crippen molar-refractivity contribution >= 4 is 15.6 Å². The van der Waals surface area contributed by atoms with E-state index in [1.165, 1.54) is 0 Å². The van der Waals surface area contributed by atoms with Crippen LogP contribution in [0.1, 0.15) is 32.6 Å². The van der Waals surface area contributed by atoms with E-state index in [9.17, 15) is 13.2 Å². The molecule has 0 aromatic carbocycles. The lowest BCUT2D eigenvalue weighted by Crippen LogP contribution is -2.25. The summed E-state index contributed by atoms with van der Waals surface area (Å²) in [5, 5.41) is 0. The number of rotatable bonds is 8. The van der Waals surface area contributed by atoms with Crippen molar-refractivity contribution in [2.24, 2.45) is 5.92 Å². The number of methoxy groups -OCH3 is 1. The molecule has 0 saturated heterocycles. The van der Waals surface area contributed by atoms with Gasteiger partial charge in [-0.3, -0.25) is 4.79 Å². The third kappa shape index (κ3) is 4.22.